The summed E-state index contributed by atoms with van der Waals surface area (Å²) in [5.41, 5.74) is 1.07. The van der Waals surface area contributed by atoms with Crippen LogP contribution < -0.4 is 0 Å². The molecule has 0 fully saturated rings. The Morgan fingerprint density at radius 2 is 2.05 bits per heavy atom. The van der Waals surface area contributed by atoms with Gasteiger partial charge in [-0.25, -0.2) is 0 Å². The van der Waals surface area contributed by atoms with Gasteiger partial charge in [-0.05, 0) is 12.0 Å². The van der Waals surface area contributed by atoms with Crippen molar-refractivity contribution in [3.05, 3.63) is 47.9 Å². The van der Waals surface area contributed by atoms with Crippen LogP contribution in [-0.2, 0) is 20.7 Å². The van der Waals surface area contributed by atoms with Gasteiger partial charge in [0, 0.05) is 12.8 Å². The molecule has 0 radical (unpaired) electrons. The number of carbonyl (C=O) groups is 1. The van der Waals surface area contributed by atoms with Gasteiger partial charge in [0.05, 0.1) is 0 Å². The molecule has 1 aromatic carbocycles. The van der Waals surface area contributed by atoms with Gasteiger partial charge in [-0.1, -0.05) is 30.3 Å². The van der Waals surface area contributed by atoms with Crippen LogP contribution in [0, 0.1) is 0 Å². The minimum Gasteiger partial charge on any atom is -0.481 e. The van der Waals surface area contributed by atoms with Crippen molar-refractivity contribution in [1.29, 1.82) is 0 Å². The van der Waals surface area contributed by atoms with E-state index >= 15 is 0 Å². The van der Waals surface area contributed by atoms with Crippen molar-refractivity contribution < 1.29 is 24.5 Å². The number of aliphatic hydroxyl groups excluding tert-OH is 1. The van der Waals surface area contributed by atoms with Crippen molar-refractivity contribution in [3.63, 3.8) is 0 Å². The van der Waals surface area contributed by atoms with Gasteiger partial charge in [0.25, 0.3) is 0 Å². The molecule has 1 unspecified atom stereocenters. The van der Waals surface area contributed by atoms with Crippen LogP contribution in [0.1, 0.15) is 18.4 Å². The zero-order valence-corrected chi connectivity index (χ0v) is 10.4. The third kappa shape index (κ3) is 3.99. The Bertz CT molecular complexity index is 454. The number of rotatable bonds is 6. The number of benzene rings is 1. The van der Waals surface area contributed by atoms with E-state index in [0.717, 1.165) is 5.56 Å². The van der Waals surface area contributed by atoms with Gasteiger partial charge in [0.2, 0.25) is 6.29 Å². The van der Waals surface area contributed by atoms with E-state index in [4.69, 9.17) is 14.6 Å². The van der Waals surface area contributed by atoms with Crippen LogP contribution >= 0.6 is 0 Å². The third-order valence-corrected chi connectivity index (χ3v) is 2.81. The summed E-state index contributed by atoms with van der Waals surface area (Å²) in [7, 11) is 0. The number of aliphatic carboxylic acids is 1. The monoisotopic (exact) mass is 264 g/mol. The number of aliphatic hydroxyl groups is 1. The molecule has 0 spiro atoms. The fourth-order valence-electron chi connectivity index (χ4n) is 1.81. The fourth-order valence-corrected chi connectivity index (χ4v) is 1.81. The highest BCUT2D eigenvalue weighted by atomic mass is 16.7. The highest BCUT2D eigenvalue weighted by Crippen LogP contribution is 2.22. The smallest absolute Gasteiger partial charge is 0.303 e. The summed E-state index contributed by atoms with van der Waals surface area (Å²) in [6.07, 6.45) is 0.550. The van der Waals surface area contributed by atoms with Crippen molar-refractivity contribution in [2.24, 2.45) is 0 Å². The number of ether oxygens (including phenoxy) is 2. The zero-order valence-electron chi connectivity index (χ0n) is 10.4. The average molecular weight is 264 g/mol. The van der Waals surface area contributed by atoms with Crippen LogP contribution in [0.5, 0.6) is 0 Å². The van der Waals surface area contributed by atoms with Crippen LogP contribution in [0.3, 0.4) is 0 Å². The molecular weight excluding hydrogens is 248 g/mol. The summed E-state index contributed by atoms with van der Waals surface area (Å²) in [6.45, 7) is 0. The van der Waals surface area contributed by atoms with E-state index in [2.05, 4.69) is 0 Å². The first kappa shape index (κ1) is 13.4. The molecule has 5 heteroatoms. The molecule has 2 N–H and O–H groups in total. The maximum absolute atomic E-state index is 10.4. The Hall–Kier alpha value is -2.01. The van der Waals surface area contributed by atoms with Crippen LogP contribution in [0.4, 0.5) is 0 Å². The van der Waals surface area contributed by atoms with Gasteiger partial charge in [0.15, 0.2) is 5.76 Å². The van der Waals surface area contributed by atoms with Crippen molar-refractivity contribution in [3.8, 4) is 0 Å². The molecule has 2 atom stereocenters. The van der Waals surface area contributed by atoms with Crippen LogP contribution in [0.2, 0.25) is 0 Å². The van der Waals surface area contributed by atoms with Gasteiger partial charge in [0.1, 0.15) is 12.4 Å². The Kier molecular flexibility index (Phi) is 4.41. The molecule has 2 rings (SSSR count). The molecule has 1 aromatic rings. The normalized spacial score (nSPS) is 19.2. The lowest BCUT2D eigenvalue weighted by atomic mass is 10.1. The lowest BCUT2D eigenvalue weighted by Crippen LogP contribution is -2.17. The minimum absolute atomic E-state index is 0.106. The summed E-state index contributed by atoms with van der Waals surface area (Å²) in [5.74, 6) is -0.651. The van der Waals surface area contributed by atoms with E-state index in [9.17, 15) is 9.90 Å². The fraction of sp³-hybridized carbons (Fsp3) is 0.357. The summed E-state index contributed by atoms with van der Waals surface area (Å²) < 4.78 is 10.8. The molecule has 19 heavy (non-hydrogen) atoms. The first-order valence-electron chi connectivity index (χ1n) is 6.11. The predicted octanol–water partition coefficient (Wildman–Crippen LogP) is 1.67. The second-order valence-electron chi connectivity index (χ2n) is 4.34. The van der Waals surface area contributed by atoms with Crippen molar-refractivity contribution >= 4 is 5.97 Å². The van der Waals surface area contributed by atoms with Gasteiger partial charge >= 0.3 is 5.97 Å². The molecule has 0 saturated carbocycles. The molecule has 0 saturated heterocycles. The van der Waals surface area contributed by atoms with E-state index in [1.165, 1.54) is 6.26 Å². The van der Waals surface area contributed by atoms with Crippen LogP contribution in [0.25, 0.3) is 0 Å². The first-order valence-corrected chi connectivity index (χ1v) is 6.11. The topological polar surface area (TPSA) is 76.0 Å². The molecule has 102 valence electrons. The summed E-state index contributed by atoms with van der Waals surface area (Å²) >= 11 is 0. The molecule has 0 amide bonds. The Morgan fingerprint density at radius 3 is 2.74 bits per heavy atom. The molecule has 0 aliphatic carbocycles. The highest BCUT2D eigenvalue weighted by molar-refractivity contribution is 5.66. The molecule has 1 aliphatic rings. The Morgan fingerprint density at radius 1 is 1.32 bits per heavy atom. The lowest BCUT2D eigenvalue weighted by molar-refractivity contribution is -0.137. The number of carboxylic acids is 1. The van der Waals surface area contributed by atoms with Crippen molar-refractivity contribution in [2.45, 2.75) is 31.7 Å². The average Bonchev–Trinajstić information content (AvgIpc) is 2.85. The summed E-state index contributed by atoms with van der Waals surface area (Å²) in [4.78, 5) is 10.4. The quantitative estimate of drug-likeness (QED) is 0.817. The Balaban J connectivity index is 1.80. The highest BCUT2D eigenvalue weighted by Gasteiger charge is 2.25. The zero-order chi connectivity index (χ0) is 13.7. The molecule has 0 bridgehead atoms. The van der Waals surface area contributed by atoms with Gasteiger partial charge in [-0.3, -0.25) is 4.79 Å². The third-order valence-electron chi connectivity index (χ3n) is 2.81. The standard InChI is InChI=1S/C14H16O5/c15-11(6-7-13(16)17)12-9-18-14(19-12)8-10-4-2-1-3-5-10/h1-5,9,11,14-15H,6-8H2,(H,16,17)/t11-,14?/m0/s1. The molecular formula is C14H16O5. The lowest BCUT2D eigenvalue weighted by Gasteiger charge is -2.14. The SMILES string of the molecule is O=C(O)CC[C@H](O)C1=COC(Cc2ccccc2)O1. The van der Waals surface area contributed by atoms with Crippen LogP contribution in [-0.4, -0.2) is 28.6 Å². The van der Waals surface area contributed by atoms with Crippen molar-refractivity contribution in [2.75, 3.05) is 0 Å². The van der Waals surface area contributed by atoms with E-state index in [0.29, 0.717) is 12.2 Å². The minimum atomic E-state index is -0.945. The number of carboxylic acid groups (broad SMARTS) is 1. The molecule has 0 aromatic heterocycles. The van der Waals surface area contributed by atoms with Crippen LogP contribution in [0.15, 0.2) is 42.4 Å². The predicted molar refractivity (Wildman–Crippen MR) is 67.1 cm³/mol. The van der Waals surface area contributed by atoms with Crippen molar-refractivity contribution in [1.82, 2.24) is 0 Å². The summed E-state index contributed by atoms with van der Waals surface area (Å²) in [6, 6.07) is 9.72. The van der Waals surface area contributed by atoms with E-state index in [1.807, 2.05) is 30.3 Å². The molecule has 1 aliphatic heterocycles. The first-order chi connectivity index (χ1) is 9.15. The van der Waals surface area contributed by atoms with E-state index < -0.39 is 18.4 Å². The number of hydrogen-bond donors (Lipinski definition) is 2. The second kappa shape index (κ2) is 6.24. The second-order valence-corrected chi connectivity index (χ2v) is 4.34. The van der Waals surface area contributed by atoms with Gasteiger partial charge in [-0.2, -0.15) is 0 Å². The maximum Gasteiger partial charge on any atom is 0.303 e. The summed E-state index contributed by atoms with van der Waals surface area (Å²) in [5, 5.41) is 18.3. The number of hydrogen-bond acceptors (Lipinski definition) is 4. The van der Waals surface area contributed by atoms with E-state index in [1.54, 1.807) is 0 Å². The van der Waals surface area contributed by atoms with Gasteiger partial charge in [-0.15, -0.1) is 0 Å². The van der Waals surface area contributed by atoms with Gasteiger partial charge < -0.3 is 19.7 Å². The Labute approximate surface area is 111 Å². The maximum atomic E-state index is 10.4. The largest absolute Gasteiger partial charge is 0.481 e. The van der Waals surface area contributed by atoms with E-state index in [-0.39, 0.29) is 12.8 Å². The molecule has 1 heterocycles. The molecule has 5 nitrogen and oxygen atoms in total.